The number of guanidine groups is 1. The van der Waals surface area contributed by atoms with Crippen LogP contribution in [0.4, 0.5) is 39.5 Å². The summed E-state index contributed by atoms with van der Waals surface area (Å²) < 4.78 is 95.2. The van der Waals surface area contributed by atoms with Crippen LogP contribution in [-0.2, 0) is 40.0 Å². The Morgan fingerprint density at radius 1 is 0.609 bits per heavy atom. The van der Waals surface area contributed by atoms with Crippen LogP contribution >= 0.6 is 0 Å². The van der Waals surface area contributed by atoms with E-state index in [4.69, 9.17) is 52.6 Å². The minimum absolute atomic E-state index is 0.0112. The Morgan fingerprint density at radius 2 is 0.984 bits per heavy atom. The van der Waals surface area contributed by atoms with Gasteiger partial charge in [0.15, 0.2) is 5.96 Å². The van der Waals surface area contributed by atoms with E-state index in [0.717, 1.165) is 64.5 Å². The summed E-state index contributed by atoms with van der Waals surface area (Å²) in [5, 5.41) is 42.4. The molecule has 0 spiro atoms. The number of amides is 4. The SMILES string of the molecule is NC(=O)C[C@H](NC(=O)Cc1ccc(O)cc1)C(=O)NCCCCCCCNCCCCCNC(=O)[C@@H](N)CCN=C(N)N.O=C(O)C(F)(F)F.O=C(O)C(F)(F)F.O=C(O)C(F)(F)F. The Hall–Kier alpha value is -6.13. The monoisotopic (exact) mass is 947 g/mol. The smallest absolute Gasteiger partial charge is 0.490 e. The van der Waals surface area contributed by atoms with E-state index in [1.807, 2.05) is 0 Å². The van der Waals surface area contributed by atoms with Crippen molar-refractivity contribution >= 4 is 47.5 Å². The van der Waals surface area contributed by atoms with Crippen molar-refractivity contribution in [2.45, 2.75) is 101 Å². The number of primary amides is 1. The fourth-order valence-corrected chi connectivity index (χ4v) is 4.18. The van der Waals surface area contributed by atoms with Crippen LogP contribution in [0.25, 0.3) is 0 Å². The molecule has 4 amide bonds. The van der Waals surface area contributed by atoms with Gasteiger partial charge >= 0.3 is 36.4 Å². The first kappa shape index (κ1) is 62.2. The Balaban J connectivity index is -0.00000144. The zero-order valence-corrected chi connectivity index (χ0v) is 34.1. The number of nitrogens with two attached hydrogens (primary N) is 4. The molecule has 368 valence electrons. The molecule has 0 unspecified atom stereocenters. The molecule has 1 aromatic carbocycles. The van der Waals surface area contributed by atoms with Crippen molar-refractivity contribution in [2.24, 2.45) is 27.9 Å². The van der Waals surface area contributed by atoms with Gasteiger partial charge in [-0.15, -0.1) is 0 Å². The molecule has 0 saturated heterocycles. The van der Waals surface area contributed by atoms with E-state index in [1.54, 1.807) is 12.1 Å². The summed E-state index contributed by atoms with van der Waals surface area (Å²) >= 11 is 0. The molecule has 0 bridgehead atoms. The lowest BCUT2D eigenvalue weighted by Gasteiger charge is -2.17. The molecule has 0 radical (unpaired) electrons. The van der Waals surface area contributed by atoms with Gasteiger partial charge in [0.25, 0.3) is 0 Å². The van der Waals surface area contributed by atoms with E-state index in [-0.39, 0.29) is 30.5 Å². The number of aliphatic imine (C=N–C) groups is 1. The summed E-state index contributed by atoms with van der Waals surface area (Å²) in [6.07, 6.45) is -7.27. The lowest BCUT2D eigenvalue weighted by Crippen LogP contribution is -2.49. The average molecular weight is 948 g/mol. The Bertz CT molecular complexity index is 1540. The number of carboxylic acid groups (broad SMARTS) is 3. The Morgan fingerprint density at radius 3 is 1.38 bits per heavy atom. The summed E-state index contributed by atoms with van der Waals surface area (Å²) in [5.74, 6) is -9.91. The lowest BCUT2D eigenvalue weighted by atomic mass is 10.1. The highest BCUT2D eigenvalue weighted by Gasteiger charge is 2.39. The van der Waals surface area contributed by atoms with E-state index in [2.05, 4.69) is 26.3 Å². The van der Waals surface area contributed by atoms with Gasteiger partial charge in [-0.2, -0.15) is 39.5 Å². The number of aromatic hydroxyl groups is 1. The van der Waals surface area contributed by atoms with E-state index in [1.165, 1.54) is 12.1 Å². The first-order chi connectivity index (χ1) is 29.4. The number of nitrogens with zero attached hydrogens (tertiary/aromatic N) is 1. The number of phenolic OH excluding ortho intramolecular Hbond substituents is 1. The van der Waals surface area contributed by atoms with Gasteiger partial charge in [0.2, 0.25) is 23.6 Å². The van der Waals surface area contributed by atoms with Gasteiger partial charge < -0.3 is 64.6 Å². The highest BCUT2D eigenvalue weighted by atomic mass is 19.4. The molecular formula is C35H54F9N9O11. The molecule has 29 heteroatoms. The van der Waals surface area contributed by atoms with E-state index < -0.39 is 66.2 Å². The zero-order valence-electron chi connectivity index (χ0n) is 34.1. The number of carbonyl (C=O) groups excluding carboxylic acids is 4. The predicted molar refractivity (Wildman–Crippen MR) is 208 cm³/mol. The third kappa shape index (κ3) is 38.8. The number of aliphatic carboxylic acids is 3. The minimum atomic E-state index is -5.08. The summed E-state index contributed by atoms with van der Waals surface area (Å²) in [7, 11) is 0. The van der Waals surface area contributed by atoms with Crippen LogP contribution in [-0.4, -0.2) is 131 Å². The van der Waals surface area contributed by atoms with E-state index >= 15 is 0 Å². The zero-order chi connectivity index (χ0) is 50.1. The fourth-order valence-electron chi connectivity index (χ4n) is 4.18. The third-order valence-electron chi connectivity index (χ3n) is 7.32. The maximum atomic E-state index is 12.5. The normalized spacial score (nSPS) is 11.8. The number of carboxylic acids is 3. The molecule has 0 aromatic heterocycles. The number of unbranched alkanes of at least 4 members (excludes halogenated alkanes) is 6. The molecule has 1 aromatic rings. The third-order valence-corrected chi connectivity index (χ3v) is 7.32. The number of hydrogen-bond acceptors (Lipinski definition) is 11. The van der Waals surface area contributed by atoms with Gasteiger partial charge in [-0.3, -0.25) is 24.2 Å². The van der Waals surface area contributed by atoms with E-state index in [0.29, 0.717) is 31.6 Å². The summed E-state index contributed by atoms with van der Waals surface area (Å²) in [6.45, 7) is 3.24. The van der Waals surface area contributed by atoms with Crippen LogP contribution in [0.5, 0.6) is 5.75 Å². The number of benzene rings is 1. The number of hydrogen-bond donors (Lipinski definition) is 12. The summed E-state index contributed by atoms with van der Waals surface area (Å²) in [4.78, 5) is 78.7. The van der Waals surface area contributed by atoms with Crippen LogP contribution in [0.15, 0.2) is 29.3 Å². The number of rotatable bonds is 24. The molecule has 64 heavy (non-hydrogen) atoms. The summed E-state index contributed by atoms with van der Waals surface area (Å²) in [6, 6.07) is 4.52. The number of phenols is 1. The lowest BCUT2D eigenvalue weighted by molar-refractivity contribution is -0.193. The number of halogens is 9. The first-order valence-corrected chi connectivity index (χ1v) is 18.7. The maximum Gasteiger partial charge on any atom is 0.490 e. The maximum absolute atomic E-state index is 12.5. The van der Waals surface area contributed by atoms with Crippen molar-refractivity contribution in [3.05, 3.63) is 29.8 Å². The van der Waals surface area contributed by atoms with Gasteiger partial charge in [-0.05, 0) is 62.9 Å². The summed E-state index contributed by atoms with van der Waals surface area (Å²) in [5.41, 5.74) is 22.2. The van der Waals surface area contributed by atoms with E-state index in [9.17, 15) is 63.8 Å². The first-order valence-electron chi connectivity index (χ1n) is 18.7. The largest absolute Gasteiger partial charge is 0.508 e. The van der Waals surface area contributed by atoms with Crippen molar-refractivity contribution in [3.8, 4) is 5.75 Å². The van der Waals surface area contributed by atoms with Gasteiger partial charge in [-0.25, -0.2) is 14.4 Å². The van der Waals surface area contributed by atoms with Gasteiger partial charge in [0.05, 0.1) is 18.9 Å². The standard InChI is InChI=1S/C29H51N9O5.3C2HF3O2/c30-23(13-18-37-29(32)33)27(42)35-16-8-4-6-15-34-14-5-2-1-3-7-17-36-28(43)24(20-25(31)40)38-26(41)19-21-9-11-22(39)12-10-21;3*3-2(4,5)1(6)7/h9-12,23-24,34,39H,1-8,13-20,30H2,(H2,31,40)(H,35,42)(H,36,43)(H,38,41)(H4,32,33,37);3*(H,6,7)/t23-,24-;;;/m0.../s1. The van der Waals surface area contributed by atoms with Crippen LogP contribution < -0.4 is 44.2 Å². The Labute approximate surface area is 359 Å². The minimum Gasteiger partial charge on any atom is -0.508 e. The second-order valence-electron chi connectivity index (χ2n) is 12.9. The van der Waals surface area contributed by atoms with Gasteiger partial charge in [0, 0.05) is 19.6 Å². The quantitative estimate of drug-likeness (QED) is 0.0299. The molecule has 20 nitrogen and oxygen atoms in total. The average Bonchev–Trinajstić information content (AvgIpc) is 3.16. The second kappa shape index (κ2) is 33.4. The van der Waals surface area contributed by atoms with Gasteiger partial charge in [0.1, 0.15) is 11.8 Å². The highest BCUT2D eigenvalue weighted by Crippen LogP contribution is 2.15. The fraction of sp³-hybridized carbons (Fsp3) is 0.600. The van der Waals surface area contributed by atoms with Crippen LogP contribution in [0.2, 0.25) is 0 Å². The Kier molecular flexibility index (Phi) is 32.5. The predicted octanol–water partition coefficient (Wildman–Crippen LogP) is 1.13. The molecule has 0 aliphatic rings. The van der Waals surface area contributed by atoms with Crippen LogP contribution in [0, 0.1) is 0 Å². The molecule has 2 atom stereocenters. The highest BCUT2D eigenvalue weighted by molar-refractivity contribution is 5.92. The molecular weight excluding hydrogens is 893 g/mol. The van der Waals surface area contributed by atoms with Gasteiger partial charge in [-0.1, -0.05) is 37.8 Å². The molecule has 0 saturated carbocycles. The molecule has 16 N–H and O–H groups in total. The topological polar surface area (TPSA) is 365 Å². The molecule has 1 rings (SSSR count). The van der Waals surface area contributed by atoms with Crippen LogP contribution in [0.1, 0.15) is 69.8 Å². The number of alkyl halides is 9. The second-order valence-corrected chi connectivity index (χ2v) is 12.9. The molecule has 0 aliphatic carbocycles. The molecule has 0 aliphatic heterocycles. The van der Waals surface area contributed by atoms with Crippen molar-refractivity contribution in [1.29, 1.82) is 0 Å². The van der Waals surface area contributed by atoms with Crippen molar-refractivity contribution < 1.29 is 93.5 Å². The van der Waals surface area contributed by atoms with Crippen molar-refractivity contribution in [1.82, 2.24) is 21.3 Å². The number of carbonyl (C=O) groups is 7. The van der Waals surface area contributed by atoms with Crippen molar-refractivity contribution in [3.63, 3.8) is 0 Å². The van der Waals surface area contributed by atoms with Crippen molar-refractivity contribution in [2.75, 3.05) is 32.7 Å². The number of nitrogens with one attached hydrogen (secondary N) is 4. The molecule has 0 fully saturated rings. The van der Waals surface area contributed by atoms with Crippen LogP contribution in [0.3, 0.4) is 0 Å². The molecule has 0 heterocycles.